The molecule has 0 aliphatic rings. The molecular formula is C14H15FN4. The van der Waals surface area contributed by atoms with Gasteiger partial charge in [-0.05, 0) is 17.7 Å². The van der Waals surface area contributed by atoms with E-state index in [0.717, 1.165) is 24.4 Å². The van der Waals surface area contributed by atoms with E-state index in [-0.39, 0.29) is 5.56 Å². The number of aromatic nitrogens is 2. The van der Waals surface area contributed by atoms with Crippen molar-refractivity contribution in [2.45, 2.75) is 13.0 Å². The van der Waals surface area contributed by atoms with Crippen LogP contribution >= 0.6 is 0 Å². The zero-order valence-electron chi connectivity index (χ0n) is 10.7. The second-order valence-electron chi connectivity index (χ2n) is 4.31. The van der Waals surface area contributed by atoms with E-state index in [0.29, 0.717) is 6.54 Å². The van der Waals surface area contributed by atoms with Crippen LogP contribution in [0.2, 0.25) is 0 Å². The lowest BCUT2D eigenvalue weighted by molar-refractivity contribution is 0.619. The zero-order chi connectivity index (χ0) is 13.7. The Labute approximate surface area is 111 Å². The van der Waals surface area contributed by atoms with Gasteiger partial charge in [0.2, 0.25) is 0 Å². The average molecular weight is 258 g/mol. The zero-order valence-corrected chi connectivity index (χ0v) is 10.7. The molecule has 4 nitrogen and oxygen atoms in total. The maximum absolute atomic E-state index is 13.1. The molecule has 98 valence electrons. The van der Waals surface area contributed by atoms with Crippen molar-refractivity contribution < 1.29 is 4.39 Å². The molecule has 0 saturated heterocycles. The standard InChI is InChI=1S/C14H15FN4/c1-19-7-6-18-14(19)4-5-17-10-11-2-3-13(15)12(8-11)9-16/h2-3,6-8,17H,4-5,10H2,1H3. The van der Waals surface area contributed by atoms with Crippen molar-refractivity contribution in [2.24, 2.45) is 7.05 Å². The summed E-state index contributed by atoms with van der Waals surface area (Å²) in [5, 5.41) is 12.0. The van der Waals surface area contributed by atoms with E-state index < -0.39 is 5.82 Å². The van der Waals surface area contributed by atoms with Crippen LogP contribution in [0.5, 0.6) is 0 Å². The van der Waals surface area contributed by atoms with Gasteiger partial charge in [-0.1, -0.05) is 6.07 Å². The molecule has 0 radical (unpaired) electrons. The topological polar surface area (TPSA) is 53.6 Å². The predicted octanol–water partition coefficient (Wildman–Crippen LogP) is 1.76. The number of imidazole rings is 1. The summed E-state index contributed by atoms with van der Waals surface area (Å²) in [6.45, 7) is 1.39. The van der Waals surface area contributed by atoms with E-state index in [2.05, 4.69) is 10.3 Å². The Morgan fingerprint density at radius 1 is 1.47 bits per heavy atom. The molecule has 19 heavy (non-hydrogen) atoms. The number of benzene rings is 1. The van der Waals surface area contributed by atoms with Crippen LogP contribution in [0.3, 0.4) is 0 Å². The summed E-state index contributed by atoms with van der Waals surface area (Å²) in [7, 11) is 1.96. The Balaban J connectivity index is 1.83. The largest absolute Gasteiger partial charge is 0.338 e. The molecule has 2 rings (SSSR count). The molecule has 0 unspecified atom stereocenters. The molecular weight excluding hydrogens is 243 g/mol. The van der Waals surface area contributed by atoms with E-state index in [9.17, 15) is 4.39 Å². The van der Waals surface area contributed by atoms with Gasteiger partial charge in [0.05, 0.1) is 5.56 Å². The van der Waals surface area contributed by atoms with Gasteiger partial charge in [-0.3, -0.25) is 0 Å². The molecule has 0 atom stereocenters. The molecule has 1 heterocycles. The normalized spacial score (nSPS) is 10.4. The summed E-state index contributed by atoms with van der Waals surface area (Å²) in [5.74, 6) is 0.545. The highest BCUT2D eigenvalue weighted by atomic mass is 19.1. The predicted molar refractivity (Wildman–Crippen MR) is 69.7 cm³/mol. The van der Waals surface area contributed by atoms with Gasteiger partial charge in [0.15, 0.2) is 0 Å². The van der Waals surface area contributed by atoms with Gasteiger partial charge < -0.3 is 9.88 Å². The number of aryl methyl sites for hydroxylation is 1. The maximum Gasteiger partial charge on any atom is 0.140 e. The first-order chi connectivity index (χ1) is 9.20. The number of hydrogen-bond acceptors (Lipinski definition) is 3. The highest BCUT2D eigenvalue weighted by Gasteiger charge is 2.03. The lowest BCUT2D eigenvalue weighted by Gasteiger charge is -2.06. The molecule has 0 aliphatic heterocycles. The first-order valence-corrected chi connectivity index (χ1v) is 6.06. The third kappa shape index (κ3) is 3.39. The third-order valence-corrected chi connectivity index (χ3v) is 2.93. The van der Waals surface area contributed by atoms with E-state index in [1.165, 1.54) is 6.07 Å². The minimum absolute atomic E-state index is 0.0865. The summed E-state index contributed by atoms with van der Waals surface area (Å²) in [6.07, 6.45) is 4.51. The van der Waals surface area contributed by atoms with Gasteiger partial charge >= 0.3 is 0 Å². The highest BCUT2D eigenvalue weighted by molar-refractivity contribution is 5.34. The summed E-state index contributed by atoms with van der Waals surface area (Å²) in [4.78, 5) is 4.23. The maximum atomic E-state index is 13.1. The van der Waals surface area contributed by atoms with Crippen molar-refractivity contribution in [3.63, 3.8) is 0 Å². The Morgan fingerprint density at radius 3 is 3.00 bits per heavy atom. The van der Waals surface area contributed by atoms with Crippen molar-refractivity contribution in [3.05, 3.63) is 53.4 Å². The number of nitrogens with zero attached hydrogens (tertiary/aromatic N) is 3. The van der Waals surface area contributed by atoms with E-state index in [1.807, 2.05) is 23.9 Å². The third-order valence-electron chi connectivity index (χ3n) is 2.93. The highest BCUT2D eigenvalue weighted by Crippen LogP contribution is 2.09. The number of nitriles is 1. The lowest BCUT2D eigenvalue weighted by atomic mass is 10.1. The quantitative estimate of drug-likeness (QED) is 0.831. The molecule has 1 aromatic carbocycles. The number of nitrogens with one attached hydrogen (secondary N) is 1. The van der Waals surface area contributed by atoms with Gasteiger partial charge in [0.25, 0.3) is 0 Å². The fraction of sp³-hybridized carbons (Fsp3) is 0.286. The van der Waals surface area contributed by atoms with Gasteiger partial charge in [-0.15, -0.1) is 0 Å². The van der Waals surface area contributed by atoms with E-state index >= 15 is 0 Å². The van der Waals surface area contributed by atoms with Crippen LogP contribution in [0, 0.1) is 17.1 Å². The molecule has 1 N–H and O–H groups in total. The van der Waals surface area contributed by atoms with Crippen LogP contribution in [-0.4, -0.2) is 16.1 Å². The lowest BCUT2D eigenvalue weighted by Crippen LogP contribution is -2.18. The molecule has 0 aliphatic carbocycles. The fourth-order valence-electron chi connectivity index (χ4n) is 1.84. The van der Waals surface area contributed by atoms with Gasteiger partial charge in [0.1, 0.15) is 17.7 Å². The Morgan fingerprint density at radius 2 is 2.32 bits per heavy atom. The molecule has 1 aromatic heterocycles. The van der Waals surface area contributed by atoms with Crippen molar-refractivity contribution in [3.8, 4) is 6.07 Å². The first-order valence-electron chi connectivity index (χ1n) is 6.06. The van der Waals surface area contributed by atoms with Gasteiger partial charge in [-0.25, -0.2) is 9.37 Å². The average Bonchev–Trinajstić information content (AvgIpc) is 2.82. The van der Waals surface area contributed by atoms with Gasteiger partial charge in [0, 0.05) is 39.0 Å². The minimum atomic E-state index is -0.473. The fourth-order valence-corrected chi connectivity index (χ4v) is 1.84. The summed E-state index contributed by atoms with van der Waals surface area (Å²) in [6, 6.07) is 6.42. The molecule has 2 aromatic rings. The second-order valence-corrected chi connectivity index (χ2v) is 4.31. The molecule has 5 heteroatoms. The number of rotatable bonds is 5. The Kier molecular flexibility index (Phi) is 4.26. The summed E-state index contributed by atoms with van der Waals surface area (Å²) in [5.41, 5.74) is 0.987. The molecule has 0 saturated carbocycles. The van der Waals surface area contributed by atoms with Crippen LogP contribution in [-0.2, 0) is 20.0 Å². The molecule has 0 amide bonds. The van der Waals surface area contributed by atoms with Crippen LogP contribution in [0.1, 0.15) is 17.0 Å². The van der Waals surface area contributed by atoms with Crippen molar-refractivity contribution in [1.82, 2.24) is 14.9 Å². The Hall–Kier alpha value is -2.19. The van der Waals surface area contributed by atoms with E-state index in [4.69, 9.17) is 5.26 Å². The number of halogens is 1. The van der Waals surface area contributed by atoms with E-state index in [1.54, 1.807) is 18.3 Å². The Bertz CT molecular complexity index is 598. The summed E-state index contributed by atoms with van der Waals surface area (Å²) >= 11 is 0. The van der Waals surface area contributed by atoms with Crippen molar-refractivity contribution in [1.29, 1.82) is 5.26 Å². The monoisotopic (exact) mass is 258 g/mol. The van der Waals surface area contributed by atoms with Gasteiger partial charge in [-0.2, -0.15) is 5.26 Å². The smallest absolute Gasteiger partial charge is 0.140 e. The van der Waals surface area contributed by atoms with Crippen LogP contribution in [0.15, 0.2) is 30.6 Å². The minimum Gasteiger partial charge on any atom is -0.338 e. The summed E-state index contributed by atoms with van der Waals surface area (Å²) < 4.78 is 15.1. The van der Waals surface area contributed by atoms with Crippen LogP contribution in [0.25, 0.3) is 0 Å². The SMILES string of the molecule is Cn1ccnc1CCNCc1ccc(F)c(C#N)c1. The molecule has 0 spiro atoms. The van der Waals surface area contributed by atoms with Crippen LogP contribution in [0.4, 0.5) is 4.39 Å². The number of hydrogen-bond donors (Lipinski definition) is 1. The van der Waals surface area contributed by atoms with Crippen LogP contribution < -0.4 is 5.32 Å². The first kappa shape index (κ1) is 13.2. The van der Waals surface area contributed by atoms with Crippen molar-refractivity contribution >= 4 is 0 Å². The second kappa shape index (κ2) is 6.12. The van der Waals surface area contributed by atoms with Crippen molar-refractivity contribution in [2.75, 3.05) is 6.54 Å². The molecule has 0 bridgehead atoms. The molecule has 0 fully saturated rings.